The molecule has 21 heavy (non-hydrogen) atoms. The molecule has 6 nitrogen and oxygen atoms in total. The minimum absolute atomic E-state index is 0.561. The van der Waals surface area contributed by atoms with Gasteiger partial charge in [-0.2, -0.15) is 0 Å². The highest BCUT2D eigenvalue weighted by atomic mass is 16.5. The van der Waals surface area contributed by atoms with Crippen LogP contribution in [0.4, 0.5) is 11.6 Å². The Labute approximate surface area is 125 Å². The molecule has 0 radical (unpaired) electrons. The molecule has 1 aliphatic carbocycles. The first-order chi connectivity index (χ1) is 10.4. The molecule has 1 aromatic rings. The van der Waals surface area contributed by atoms with E-state index < -0.39 is 0 Å². The van der Waals surface area contributed by atoms with Gasteiger partial charge in [-0.3, -0.25) is 0 Å². The van der Waals surface area contributed by atoms with E-state index in [1.54, 1.807) is 0 Å². The lowest BCUT2D eigenvalue weighted by molar-refractivity contribution is 0.122. The standard InChI is InChI=1S/C15H23N5O/c1-2-15(20-3-5-21-6-4-20)19-18-14(1)17-13-7-11-9-16-10-12(11)8-13/h1-2,11-13,16H,3-10H2,(H,17,18). The highest BCUT2D eigenvalue weighted by molar-refractivity contribution is 5.44. The van der Waals surface area contributed by atoms with Crippen molar-refractivity contribution in [1.29, 1.82) is 0 Å². The summed E-state index contributed by atoms with van der Waals surface area (Å²) in [6, 6.07) is 4.69. The summed E-state index contributed by atoms with van der Waals surface area (Å²) >= 11 is 0. The molecule has 114 valence electrons. The molecule has 3 heterocycles. The van der Waals surface area contributed by atoms with Gasteiger partial charge in [-0.25, -0.2) is 0 Å². The van der Waals surface area contributed by atoms with E-state index in [9.17, 15) is 0 Å². The summed E-state index contributed by atoms with van der Waals surface area (Å²) in [5, 5.41) is 15.8. The third-order valence-corrected chi connectivity index (χ3v) is 4.99. The number of hydrogen-bond acceptors (Lipinski definition) is 6. The van der Waals surface area contributed by atoms with Crippen LogP contribution in [0, 0.1) is 11.8 Å². The Balaban J connectivity index is 1.35. The van der Waals surface area contributed by atoms with E-state index in [2.05, 4.69) is 37.9 Å². The van der Waals surface area contributed by atoms with E-state index in [-0.39, 0.29) is 0 Å². The van der Waals surface area contributed by atoms with Crippen LogP contribution in [0.5, 0.6) is 0 Å². The maximum atomic E-state index is 5.36. The molecule has 4 rings (SSSR count). The second kappa shape index (κ2) is 5.77. The molecule has 0 amide bonds. The van der Waals surface area contributed by atoms with Crippen molar-refractivity contribution in [2.24, 2.45) is 11.8 Å². The molecule has 3 aliphatic rings. The van der Waals surface area contributed by atoms with E-state index in [4.69, 9.17) is 4.74 Å². The molecular weight excluding hydrogens is 266 g/mol. The maximum absolute atomic E-state index is 5.36. The molecule has 2 aliphatic heterocycles. The number of anilines is 2. The van der Waals surface area contributed by atoms with Crippen LogP contribution < -0.4 is 15.5 Å². The van der Waals surface area contributed by atoms with Crippen LogP contribution in [0.25, 0.3) is 0 Å². The van der Waals surface area contributed by atoms with E-state index in [1.165, 1.54) is 25.9 Å². The second-order valence-corrected chi connectivity index (χ2v) is 6.37. The Morgan fingerprint density at radius 1 is 1.10 bits per heavy atom. The molecule has 0 bridgehead atoms. The van der Waals surface area contributed by atoms with E-state index >= 15 is 0 Å². The molecular formula is C15H23N5O. The predicted octanol–water partition coefficient (Wildman–Crippen LogP) is 0.723. The Morgan fingerprint density at radius 2 is 1.86 bits per heavy atom. The van der Waals surface area contributed by atoms with E-state index in [1.807, 2.05) is 0 Å². The van der Waals surface area contributed by atoms with Crippen molar-refractivity contribution in [3.63, 3.8) is 0 Å². The van der Waals surface area contributed by atoms with Crippen molar-refractivity contribution in [2.45, 2.75) is 18.9 Å². The minimum Gasteiger partial charge on any atom is -0.378 e. The zero-order valence-electron chi connectivity index (χ0n) is 12.3. The van der Waals surface area contributed by atoms with E-state index in [0.29, 0.717) is 6.04 Å². The molecule has 2 unspecified atom stereocenters. The average molecular weight is 289 g/mol. The molecule has 2 atom stereocenters. The lowest BCUT2D eigenvalue weighted by Crippen LogP contribution is -2.36. The van der Waals surface area contributed by atoms with Gasteiger partial charge in [0.2, 0.25) is 0 Å². The van der Waals surface area contributed by atoms with Crippen LogP contribution in [0.3, 0.4) is 0 Å². The van der Waals surface area contributed by atoms with Gasteiger partial charge in [0.05, 0.1) is 13.2 Å². The third kappa shape index (κ3) is 2.82. The predicted molar refractivity (Wildman–Crippen MR) is 81.6 cm³/mol. The fourth-order valence-electron chi connectivity index (χ4n) is 3.86. The fourth-order valence-corrected chi connectivity index (χ4v) is 3.86. The number of aromatic nitrogens is 2. The largest absolute Gasteiger partial charge is 0.378 e. The lowest BCUT2D eigenvalue weighted by atomic mass is 10.0. The van der Waals surface area contributed by atoms with E-state index in [0.717, 1.165) is 49.8 Å². The van der Waals surface area contributed by atoms with Crippen LogP contribution in [0.2, 0.25) is 0 Å². The number of morpholine rings is 1. The Morgan fingerprint density at radius 3 is 2.52 bits per heavy atom. The van der Waals surface area contributed by atoms with Crippen LogP contribution in [-0.4, -0.2) is 55.6 Å². The molecule has 0 spiro atoms. The average Bonchev–Trinajstić information content (AvgIpc) is 3.10. The number of rotatable bonds is 3. The van der Waals surface area contributed by atoms with Gasteiger partial charge in [0.15, 0.2) is 5.82 Å². The summed E-state index contributed by atoms with van der Waals surface area (Å²) in [4.78, 5) is 2.23. The van der Waals surface area contributed by atoms with Gasteiger partial charge in [-0.15, -0.1) is 10.2 Å². The lowest BCUT2D eigenvalue weighted by Gasteiger charge is -2.27. The van der Waals surface area contributed by atoms with Crippen molar-refractivity contribution in [2.75, 3.05) is 49.6 Å². The van der Waals surface area contributed by atoms with Crippen LogP contribution in [0.15, 0.2) is 12.1 Å². The van der Waals surface area contributed by atoms with Gasteiger partial charge in [0.25, 0.3) is 0 Å². The topological polar surface area (TPSA) is 62.3 Å². The summed E-state index contributed by atoms with van der Waals surface area (Å²) in [7, 11) is 0. The van der Waals surface area contributed by atoms with Crippen LogP contribution >= 0.6 is 0 Å². The zero-order valence-corrected chi connectivity index (χ0v) is 12.3. The first-order valence-corrected chi connectivity index (χ1v) is 8.02. The molecule has 1 saturated carbocycles. The van der Waals surface area contributed by atoms with Gasteiger partial charge < -0.3 is 20.3 Å². The normalized spacial score (nSPS) is 32.2. The molecule has 2 N–H and O–H groups in total. The Kier molecular flexibility index (Phi) is 3.65. The molecule has 3 fully saturated rings. The monoisotopic (exact) mass is 289 g/mol. The smallest absolute Gasteiger partial charge is 0.151 e. The van der Waals surface area contributed by atoms with Crippen molar-refractivity contribution >= 4 is 11.6 Å². The molecule has 1 aromatic heterocycles. The Hall–Kier alpha value is -1.40. The van der Waals surface area contributed by atoms with Gasteiger partial charge >= 0.3 is 0 Å². The number of ether oxygens (including phenoxy) is 1. The van der Waals surface area contributed by atoms with Gasteiger partial charge in [-0.05, 0) is 49.9 Å². The number of fused-ring (bicyclic) bond motifs is 1. The maximum Gasteiger partial charge on any atom is 0.151 e. The van der Waals surface area contributed by atoms with Crippen molar-refractivity contribution in [3.8, 4) is 0 Å². The highest BCUT2D eigenvalue weighted by Gasteiger charge is 2.37. The summed E-state index contributed by atoms with van der Waals surface area (Å²) in [5.74, 6) is 3.56. The van der Waals surface area contributed by atoms with Gasteiger partial charge in [-0.1, -0.05) is 0 Å². The number of nitrogens with one attached hydrogen (secondary N) is 2. The van der Waals surface area contributed by atoms with Gasteiger partial charge in [0.1, 0.15) is 5.82 Å². The SMILES string of the molecule is c1cc(N2CCOCC2)nnc1NC1CC2CNCC2C1. The molecule has 6 heteroatoms. The number of hydrogen-bond donors (Lipinski definition) is 2. The van der Waals surface area contributed by atoms with Crippen LogP contribution in [0.1, 0.15) is 12.8 Å². The first-order valence-electron chi connectivity index (χ1n) is 8.02. The summed E-state index contributed by atoms with van der Waals surface area (Å²) in [6.45, 7) is 5.73. The van der Waals surface area contributed by atoms with Crippen molar-refractivity contribution < 1.29 is 4.74 Å². The first kappa shape index (κ1) is 13.3. The van der Waals surface area contributed by atoms with Crippen LogP contribution in [-0.2, 0) is 4.74 Å². The quantitative estimate of drug-likeness (QED) is 0.855. The highest BCUT2D eigenvalue weighted by Crippen LogP contribution is 2.35. The zero-order chi connectivity index (χ0) is 14.1. The molecule has 0 aromatic carbocycles. The van der Waals surface area contributed by atoms with Crippen molar-refractivity contribution in [3.05, 3.63) is 12.1 Å². The third-order valence-electron chi connectivity index (χ3n) is 4.99. The summed E-state index contributed by atoms with van der Waals surface area (Å²) in [5.41, 5.74) is 0. The van der Waals surface area contributed by atoms with Crippen molar-refractivity contribution in [1.82, 2.24) is 15.5 Å². The Bertz CT molecular complexity index is 461. The molecule has 2 saturated heterocycles. The summed E-state index contributed by atoms with van der Waals surface area (Å²) in [6.07, 6.45) is 2.51. The second-order valence-electron chi connectivity index (χ2n) is 6.37. The number of nitrogens with zero attached hydrogens (tertiary/aromatic N) is 3. The summed E-state index contributed by atoms with van der Waals surface area (Å²) < 4.78 is 5.36. The fraction of sp³-hybridized carbons (Fsp3) is 0.733. The van der Waals surface area contributed by atoms with Gasteiger partial charge in [0, 0.05) is 19.1 Å². The minimum atomic E-state index is 0.561.